The number of pyridine rings is 1. The van der Waals surface area contributed by atoms with Crippen molar-refractivity contribution < 1.29 is 9.90 Å². The lowest BCUT2D eigenvalue weighted by atomic mass is 10.2. The maximum atomic E-state index is 11.1. The third kappa shape index (κ3) is 4.18. The van der Waals surface area contributed by atoms with E-state index in [9.17, 15) is 4.79 Å². The van der Waals surface area contributed by atoms with Crippen LogP contribution in [0.3, 0.4) is 0 Å². The average Bonchev–Trinajstić information content (AvgIpc) is 2.48. The van der Waals surface area contributed by atoms with E-state index in [1.54, 1.807) is 12.1 Å². The largest absolute Gasteiger partial charge is 0.478 e. The predicted molar refractivity (Wildman–Crippen MR) is 78.4 cm³/mol. The Hall–Kier alpha value is -1.66. The molecule has 3 N–H and O–H groups in total. The van der Waals surface area contributed by atoms with E-state index in [-0.39, 0.29) is 0 Å². The lowest BCUT2D eigenvalue weighted by molar-refractivity contribution is 0.0696. The summed E-state index contributed by atoms with van der Waals surface area (Å²) in [5.74, 6) is -0.260. The number of aromatic nitrogens is 1. The van der Waals surface area contributed by atoms with Gasteiger partial charge in [-0.2, -0.15) is 0 Å². The smallest absolute Gasteiger partial charge is 0.335 e. The summed E-state index contributed by atoms with van der Waals surface area (Å²) in [6, 6.07) is 3.23. The van der Waals surface area contributed by atoms with Crippen molar-refractivity contribution in [3.8, 4) is 0 Å². The zero-order valence-electron chi connectivity index (χ0n) is 11.9. The van der Waals surface area contributed by atoms with Crippen LogP contribution in [0.25, 0.3) is 0 Å². The Morgan fingerprint density at radius 2 is 2.20 bits per heavy atom. The van der Waals surface area contributed by atoms with Gasteiger partial charge in [0.1, 0.15) is 5.82 Å². The minimum absolute atomic E-state index is 0.293. The second-order valence-electron chi connectivity index (χ2n) is 4.91. The van der Waals surface area contributed by atoms with Gasteiger partial charge in [0.25, 0.3) is 0 Å². The van der Waals surface area contributed by atoms with Gasteiger partial charge in [0.15, 0.2) is 0 Å². The van der Waals surface area contributed by atoms with E-state index in [1.165, 1.54) is 0 Å². The van der Waals surface area contributed by atoms with Crippen molar-refractivity contribution in [1.29, 1.82) is 0 Å². The van der Waals surface area contributed by atoms with Crippen LogP contribution in [0.1, 0.15) is 23.0 Å². The first-order valence-electron chi connectivity index (χ1n) is 7.10. The van der Waals surface area contributed by atoms with E-state index in [0.717, 1.165) is 51.4 Å². The summed E-state index contributed by atoms with van der Waals surface area (Å²) in [4.78, 5) is 17.9. The molecule has 0 aromatic carbocycles. The van der Waals surface area contributed by atoms with Crippen LogP contribution >= 0.6 is 0 Å². The van der Waals surface area contributed by atoms with Crippen molar-refractivity contribution in [2.75, 3.05) is 44.6 Å². The standard InChI is InChI=1S/C14H22N4O2/c1-2-12-9-11(14(19)20)10-13(17-12)16-5-8-18-6-3-15-4-7-18/h9-10,15H,2-8H2,1H3,(H,16,17)(H,19,20). The Kier molecular flexibility index (Phi) is 5.31. The molecule has 1 saturated heterocycles. The molecule has 1 aliphatic rings. The molecule has 6 heteroatoms. The molecule has 0 amide bonds. The summed E-state index contributed by atoms with van der Waals surface area (Å²) in [5, 5.41) is 15.6. The Balaban J connectivity index is 1.91. The van der Waals surface area contributed by atoms with Gasteiger partial charge in [-0.15, -0.1) is 0 Å². The Morgan fingerprint density at radius 1 is 1.45 bits per heavy atom. The fourth-order valence-electron chi connectivity index (χ4n) is 2.26. The van der Waals surface area contributed by atoms with Crippen molar-refractivity contribution >= 4 is 11.8 Å². The quantitative estimate of drug-likeness (QED) is 0.709. The second kappa shape index (κ2) is 7.21. The summed E-state index contributed by atoms with van der Waals surface area (Å²) in [6.45, 7) is 7.88. The SMILES string of the molecule is CCc1cc(C(=O)O)cc(NCCN2CCNCC2)n1. The molecule has 1 aromatic rings. The molecule has 0 atom stereocenters. The minimum Gasteiger partial charge on any atom is -0.478 e. The van der Waals surface area contributed by atoms with Crippen LogP contribution in [-0.4, -0.2) is 60.2 Å². The summed E-state index contributed by atoms with van der Waals surface area (Å²) in [5.41, 5.74) is 1.09. The number of rotatable bonds is 6. The van der Waals surface area contributed by atoms with Gasteiger partial charge in [-0.05, 0) is 18.6 Å². The summed E-state index contributed by atoms with van der Waals surface area (Å²) >= 11 is 0. The molecule has 0 radical (unpaired) electrons. The second-order valence-corrected chi connectivity index (χ2v) is 4.91. The van der Waals surface area contributed by atoms with Gasteiger partial charge in [-0.25, -0.2) is 9.78 Å². The summed E-state index contributed by atoms with van der Waals surface area (Å²) in [6.07, 6.45) is 0.730. The molecule has 0 saturated carbocycles. The topological polar surface area (TPSA) is 77.5 Å². The van der Waals surface area contributed by atoms with Gasteiger partial charge in [-0.3, -0.25) is 4.90 Å². The first-order chi connectivity index (χ1) is 9.69. The number of anilines is 1. The molecule has 20 heavy (non-hydrogen) atoms. The number of piperazine rings is 1. The molecule has 1 aromatic heterocycles. The first kappa shape index (κ1) is 14.7. The van der Waals surface area contributed by atoms with E-state index in [0.29, 0.717) is 11.4 Å². The van der Waals surface area contributed by atoms with E-state index in [4.69, 9.17) is 5.11 Å². The van der Waals surface area contributed by atoms with E-state index < -0.39 is 5.97 Å². The molecular formula is C14H22N4O2. The van der Waals surface area contributed by atoms with E-state index in [1.807, 2.05) is 6.92 Å². The van der Waals surface area contributed by atoms with Crippen LogP contribution in [0.15, 0.2) is 12.1 Å². The summed E-state index contributed by atoms with van der Waals surface area (Å²) < 4.78 is 0. The zero-order chi connectivity index (χ0) is 14.4. The monoisotopic (exact) mass is 278 g/mol. The lowest BCUT2D eigenvalue weighted by Gasteiger charge is -2.27. The van der Waals surface area contributed by atoms with Crippen LogP contribution in [0.2, 0.25) is 0 Å². The first-order valence-corrected chi connectivity index (χ1v) is 7.10. The summed E-state index contributed by atoms with van der Waals surface area (Å²) in [7, 11) is 0. The Labute approximate surface area is 119 Å². The van der Waals surface area contributed by atoms with Crippen LogP contribution in [0.5, 0.6) is 0 Å². The van der Waals surface area contributed by atoms with Crippen LogP contribution in [0, 0.1) is 0 Å². The molecule has 2 heterocycles. The van der Waals surface area contributed by atoms with Crippen molar-refractivity contribution in [2.45, 2.75) is 13.3 Å². The highest BCUT2D eigenvalue weighted by atomic mass is 16.4. The van der Waals surface area contributed by atoms with E-state index >= 15 is 0 Å². The lowest BCUT2D eigenvalue weighted by Crippen LogP contribution is -2.45. The number of hydrogen-bond acceptors (Lipinski definition) is 5. The minimum atomic E-state index is -0.910. The number of aromatic carboxylic acids is 1. The predicted octanol–water partition coefficient (Wildman–Crippen LogP) is 0.659. The van der Waals surface area contributed by atoms with E-state index in [2.05, 4.69) is 20.5 Å². The van der Waals surface area contributed by atoms with Crippen molar-refractivity contribution in [1.82, 2.24) is 15.2 Å². The van der Waals surface area contributed by atoms with Crippen molar-refractivity contribution in [3.05, 3.63) is 23.4 Å². The highest BCUT2D eigenvalue weighted by Crippen LogP contribution is 2.11. The van der Waals surface area contributed by atoms with Crippen LogP contribution in [0.4, 0.5) is 5.82 Å². The normalized spacial score (nSPS) is 16.1. The third-order valence-electron chi connectivity index (χ3n) is 3.43. The van der Waals surface area contributed by atoms with Gasteiger partial charge in [-0.1, -0.05) is 6.92 Å². The van der Waals surface area contributed by atoms with Crippen molar-refractivity contribution in [3.63, 3.8) is 0 Å². The molecule has 0 spiro atoms. The molecule has 0 aliphatic carbocycles. The maximum absolute atomic E-state index is 11.1. The fraction of sp³-hybridized carbons (Fsp3) is 0.571. The number of carboxylic acid groups (broad SMARTS) is 1. The molecule has 110 valence electrons. The Morgan fingerprint density at radius 3 is 2.85 bits per heavy atom. The number of aryl methyl sites for hydroxylation is 1. The molecule has 1 fully saturated rings. The number of hydrogen-bond donors (Lipinski definition) is 3. The van der Waals surface area contributed by atoms with Gasteiger partial charge in [0.05, 0.1) is 5.56 Å². The zero-order valence-corrected chi connectivity index (χ0v) is 11.9. The number of carbonyl (C=O) groups is 1. The third-order valence-corrected chi connectivity index (χ3v) is 3.43. The molecule has 0 unspecified atom stereocenters. The number of nitrogens with one attached hydrogen (secondary N) is 2. The molecule has 1 aliphatic heterocycles. The highest BCUT2D eigenvalue weighted by Gasteiger charge is 2.10. The molecule has 0 bridgehead atoms. The number of nitrogens with zero attached hydrogens (tertiary/aromatic N) is 2. The van der Waals surface area contributed by atoms with Crippen LogP contribution < -0.4 is 10.6 Å². The number of carboxylic acids is 1. The van der Waals surface area contributed by atoms with Crippen molar-refractivity contribution in [2.24, 2.45) is 0 Å². The fourth-order valence-corrected chi connectivity index (χ4v) is 2.26. The molecule has 6 nitrogen and oxygen atoms in total. The average molecular weight is 278 g/mol. The Bertz CT molecular complexity index is 458. The highest BCUT2D eigenvalue weighted by molar-refractivity contribution is 5.88. The maximum Gasteiger partial charge on any atom is 0.335 e. The van der Waals surface area contributed by atoms with Gasteiger partial charge in [0, 0.05) is 45.0 Å². The van der Waals surface area contributed by atoms with Crippen LogP contribution in [-0.2, 0) is 6.42 Å². The molecule has 2 rings (SSSR count). The van der Waals surface area contributed by atoms with Gasteiger partial charge < -0.3 is 15.7 Å². The molecular weight excluding hydrogens is 256 g/mol. The van der Waals surface area contributed by atoms with Gasteiger partial charge >= 0.3 is 5.97 Å². The van der Waals surface area contributed by atoms with Gasteiger partial charge in [0.2, 0.25) is 0 Å².